The van der Waals surface area contributed by atoms with Crippen molar-refractivity contribution in [1.29, 1.82) is 0 Å². The molecule has 0 spiro atoms. The molecule has 0 saturated heterocycles. The summed E-state index contributed by atoms with van der Waals surface area (Å²) in [4.78, 5) is 4.27. The number of aromatic hydroxyl groups is 1. The van der Waals surface area contributed by atoms with Crippen LogP contribution in [0.3, 0.4) is 0 Å². The summed E-state index contributed by atoms with van der Waals surface area (Å²) in [7, 11) is 0. The van der Waals surface area contributed by atoms with Gasteiger partial charge in [-0.3, -0.25) is 4.98 Å². The average molecular weight is 173 g/mol. The number of hydrogen-bond acceptors (Lipinski definition) is 2. The first-order chi connectivity index (χ1) is 6.31. The van der Waals surface area contributed by atoms with Gasteiger partial charge < -0.3 is 5.11 Å². The van der Waals surface area contributed by atoms with E-state index in [0.717, 1.165) is 22.9 Å². The quantitative estimate of drug-likeness (QED) is 0.718. The Morgan fingerprint density at radius 3 is 2.92 bits per heavy atom. The molecule has 2 nitrogen and oxygen atoms in total. The Hall–Kier alpha value is -1.57. The van der Waals surface area contributed by atoms with Gasteiger partial charge in [-0.25, -0.2) is 0 Å². The fraction of sp³-hybridized carbons (Fsp3) is 0.182. The third-order valence-corrected chi connectivity index (χ3v) is 2.17. The number of aromatic nitrogens is 1. The van der Waals surface area contributed by atoms with Crippen molar-refractivity contribution in [2.75, 3.05) is 0 Å². The van der Waals surface area contributed by atoms with Crippen molar-refractivity contribution in [2.45, 2.75) is 13.3 Å². The van der Waals surface area contributed by atoms with Crippen LogP contribution in [0.15, 0.2) is 30.5 Å². The number of benzene rings is 1. The lowest BCUT2D eigenvalue weighted by Gasteiger charge is -2.02. The molecule has 0 aliphatic carbocycles. The van der Waals surface area contributed by atoms with Gasteiger partial charge in [-0.05, 0) is 36.1 Å². The predicted octanol–water partition coefficient (Wildman–Crippen LogP) is 2.50. The minimum absolute atomic E-state index is 0.306. The molecule has 2 aromatic rings. The van der Waals surface area contributed by atoms with Gasteiger partial charge in [0.1, 0.15) is 5.75 Å². The van der Waals surface area contributed by atoms with E-state index in [1.165, 1.54) is 0 Å². The van der Waals surface area contributed by atoms with E-state index in [-0.39, 0.29) is 0 Å². The summed E-state index contributed by atoms with van der Waals surface area (Å²) in [6.07, 6.45) is 2.70. The molecule has 2 rings (SSSR count). The molecule has 0 radical (unpaired) electrons. The molecule has 0 bridgehead atoms. The van der Waals surface area contributed by atoms with Gasteiger partial charge in [0.05, 0.1) is 0 Å². The van der Waals surface area contributed by atoms with Gasteiger partial charge in [0.2, 0.25) is 0 Å². The molecule has 1 heterocycles. The molecule has 1 aromatic carbocycles. The van der Waals surface area contributed by atoms with Crippen LogP contribution in [-0.2, 0) is 6.42 Å². The third kappa shape index (κ3) is 1.35. The highest BCUT2D eigenvalue weighted by Crippen LogP contribution is 2.21. The van der Waals surface area contributed by atoms with Crippen LogP contribution in [-0.4, -0.2) is 10.1 Å². The van der Waals surface area contributed by atoms with E-state index in [1.807, 2.05) is 12.1 Å². The summed E-state index contributed by atoms with van der Waals surface area (Å²) < 4.78 is 0. The van der Waals surface area contributed by atoms with Gasteiger partial charge in [0.15, 0.2) is 0 Å². The van der Waals surface area contributed by atoms with Crippen molar-refractivity contribution in [3.05, 3.63) is 36.2 Å². The second kappa shape index (κ2) is 3.05. The summed E-state index contributed by atoms with van der Waals surface area (Å²) in [5, 5.41) is 11.4. The number of pyridine rings is 1. The molecule has 0 unspecified atom stereocenters. The maximum absolute atomic E-state index is 9.27. The summed E-state index contributed by atoms with van der Waals surface area (Å²) in [5.74, 6) is 0.306. The summed E-state index contributed by atoms with van der Waals surface area (Å²) in [5.41, 5.74) is 1.08. The van der Waals surface area contributed by atoms with E-state index >= 15 is 0 Å². The molecule has 0 aliphatic rings. The van der Waals surface area contributed by atoms with E-state index in [1.54, 1.807) is 18.3 Å². The molecule has 1 aromatic heterocycles. The zero-order valence-corrected chi connectivity index (χ0v) is 7.49. The fourth-order valence-electron chi connectivity index (χ4n) is 1.51. The van der Waals surface area contributed by atoms with Crippen LogP contribution in [0.2, 0.25) is 0 Å². The molecule has 2 heteroatoms. The fourth-order valence-corrected chi connectivity index (χ4v) is 1.51. The Labute approximate surface area is 76.9 Å². The molecule has 0 atom stereocenters. The molecule has 1 N–H and O–H groups in total. The molecule has 0 fully saturated rings. The molecule has 66 valence electrons. The number of hydrogen-bond donors (Lipinski definition) is 1. The minimum atomic E-state index is 0.306. The lowest BCUT2D eigenvalue weighted by atomic mass is 10.1. The zero-order valence-electron chi connectivity index (χ0n) is 7.49. The van der Waals surface area contributed by atoms with Crippen molar-refractivity contribution >= 4 is 10.8 Å². The highest BCUT2D eigenvalue weighted by molar-refractivity contribution is 5.85. The highest BCUT2D eigenvalue weighted by Gasteiger charge is 1.99. The van der Waals surface area contributed by atoms with Crippen molar-refractivity contribution in [3.8, 4) is 5.75 Å². The number of phenolic OH excluding ortho intramolecular Hbond substituents is 1. The third-order valence-electron chi connectivity index (χ3n) is 2.17. The number of fused-ring (bicyclic) bond motifs is 1. The van der Waals surface area contributed by atoms with Crippen LogP contribution in [0.5, 0.6) is 5.75 Å². The van der Waals surface area contributed by atoms with Gasteiger partial charge in [-0.15, -0.1) is 0 Å². The van der Waals surface area contributed by atoms with E-state index in [2.05, 4.69) is 11.9 Å². The molecule has 13 heavy (non-hydrogen) atoms. The normalized spacial score (nSPS) is 10.5. The van der Waals surface area contributed by atoms with Gasteiger partial charge in [-0.1, -0.05) is 6.92 Å². The van der Waals surface area contributed by atoms with Gasteiger partial charge in [-0.2, -0.15) is 0 Å². The molecular weight excluding hydrogens is 162 g/mol. The van der Waals surface area contributed by atoms with Gasteiger partial charge >= 0.3 is 0 Å². The Morgan fingerprint density at radius 1 is 1.31 bits per heavy atom. The first-order valence-electron chi connectivity index (χ1n) is 4.38. The van der Waals surface area contributed by atoms with Crippen molar-refractivity contribution < 1.29 is 5.11 Å². The molecule has 0 aliphatic heterocycles. The van der Waals surface area contributed by atoms with Gasteiger partial charge in [0, 0.05) is 17.3 Å². The smallest absolute Gasteiger partial charge is 0.116 e. The lowest BCUT2D eigenvalue weighted by molar-refractivity contribution is 0.476. The number of phenols is 1. The van der Waals surface area contributed by atoms with Crippen molar-refractivity contribution in [1.82, 2.24) is 4.98 Å². The SMILES string of the molecule is CCc1nccc2cc(O)ccc12. The van der Waals surface area contributed by atoms with E-state index in [9.17, 15) is 5.11 Å². The second-order valence-electron chi connectivity index (χ2n) is 3.02. The van der Waals surface area contributed by atoms with Crippen molar-refractivity contribution in [2.24, 2.45) is 0 Å². The second-order valence-corrected chi connectivity index (χ2v) is 3.02. The molecular formula is C11H11NO. The van der Waals surface area contributed by atoms with Crippen LogP contribution < -0.4 is 0 Å². The Balaban J connectivity index is 2.77. The number of rotatable bonds is 1. The van der Waals surface area contributed by atoms with Crippen LogP contribution >= 0.6 is 0 Å². The summed E-state index contributed by atoms with van der Waals surface area (Å²) >= 11 is 0. The highest BCUT2D eigenvalue weighted by atomic mass is 16.3. The Kier molecular flexibility index (Phi) is 1.89. The lowest BCUT2D eigenvalue weighted by Crippen LogP contribution is -1.87. The summed E-state index contributed by atoms with van der Waals surface area (Å²) in [6.45, 7) is 2.08. The van der Waals surface area contributed by atoms with Gasteiger partial charge in [0.25, 0.3) is 0 Å². The predicted molar refractivity (Wildman–Crippen MR) is 52.8 cm³/mol. The number of nitrogens with zero attached hydrogens (tertiary/aromatic N) is 1. The minimum Gasteiger partial charge on any atom is -0.508 e. The molecule has 0 amide bonds. The zero-order chi connectivity index (χ0) is 9.26. The Morgan fingerprint density at radius 2 is 2.15 bits per heavy atom. The Bertz CT molecular complexity index is 437. The van der Waals surface area contributed by atoms with Crippen LogP contribution in [0.1, 0.15) is 12.6 Å². The maximum atomic E-state index is 9.27. The number of aryl methyl sites for hydroxylation is 1. The van der Waals surface area contributed by atoms with Crippen molar-refractivity contribution in [3.63, 3.8) is 0 Å². The van der Waals surface area contributed by atoms with Crippen LogP contribution in [0, 0.1) is 0 Å². The van der Waals surface area contributed by atoms with Crippen LogP contribution in [0.4, 0.5) is 0 Å². The largest absolute Gasteiger partial charge is 0.508 e. The molecule has 0 saturated carbocycles. The van der Waals surface area contributed by atoms with Crippen LogP contribution in [0.25, 0.3) is 10.8 Å². The standard InChI is InChI=1S/C11H11NO/c1-2-11-10-4-3-9(13)7-8(10)5-6-12-11/h3-7,13H,2H2,1H3. The maximum Gasteiger partial charge on any atom is 0.116 e. The monoisotopic (exact) mass is 173 g/mol. The average Bonchev–Trinajstić information content (AvgIpc) is 2.16. The topological polar surface area (TPSA) is 33.1 Å². The first-order valence-corrected chi connectivity index (χ1v) is 4.38. The van der Waals surface area contributed by atoms with E-state index in [0.29, 0.717) is 5.75 Å². The summed E-state index contributed by atoms with van der Waals surface area (Å²) in [6, 6.07) is 7.28. The van der Waals surface area contributed by atoms with E-state index in [4.69, 9.17) is 0 Å². The van der Waals surface area contributed by atoms with E-state index < -0.39 is 0 Å². The first kappa shape index (κ1) is 8.05.